The zero-order valence-corrected chi connectivity index (χ0v) is 11.9. The lowest BCUT2D eigenvalue weighted by Crippen LogP contribution is -1.98. The molecule has 1 aromatic heterocycles. The molecule has 0 aliphatic carbocycles. The van der Waals surface area contributed by atoms with Crippen LogP contribution < -0.4 is 5.73 Å². The van der Waals surface area contributed by atoms with Crippen molar-refractivity contribution in [3.05, 3.63) is 40.4 Å². The predicted octanol–water partition coefficient (Wildman–Crippen LogP) is 3.47. The molecule has 2 rings (SSSR count). The second-order valence-corrected chi connectivity index (χ2v) is 6.08. The summed E-state index contributed by atoms with van der Waals surface area (Å²) in [5, 5.41) is 9.48. The van der Waals surface area contributed by atoms with E-state index in [1.807, 2.05) is 0 Å². The smallest absolute Gasteiger partial charge is 0.203 e. The minimum Gasteiger partial charge on any atom is -0.374 e. The molecule has 1 atom stereocenters. The molecule has 2 aromatic rings. The normalized spacial score (nSPS) is 12.9. The van der Waals surface area contributed by atoms with E-state index in [2.05, 4.69) is 55.2 Å². The van der Waals surface area contributed by atoms with Crippen LogP contribution in [0.4, 0.5) is 5.13 Å². The highest BCUT2D eigenvalue weighted by Gasteiger charge is 2.13. The highest BCUT2D eigenvalue weighted by molar-refractivity contribution is 7.15. The fraction of sp³-hybridized carbons (Fsp3) is 0.429. The first-order valence-corrected chi connectivity index (χ1v) is 7.05. The van der Waals surface area contributed by atoms with Gasteiger partial charge in [-0.05, 0) is 23.5 Å². The van der Waals surface area contributed by atoms with Crippen LogP contribution in [0.3, 0.4) is 0 Å². The average molecular weight is 261 g/mol. The summed E-state index contributed by atoms with van der Waals surface area (Å²) in [5.41, 5.74) is 8.27. The monoisotopic (exact) mass is 261 g/mol. The molecule has 0 aliphatic rings. The quantitative estimate of drug-likeness (QED) is 0.916. The number of hydrogen-bond acceptors (Lipinski definition) is 4. The first-order valence-electron chi connectivity index (χ1n) is 6.24. The highest BCUT2D eigenvalue weighted by atomic mass is 32.1. The van der Waals surface area contributed by atoms with Crippen molar-refractivity contribution in [3.63, 3.8) is 0 Å². The lowest BCUT2D eigenvalue weighted by molar-refractivity contribution is 0.647. The van der Waals surface area contributed by atoms with Crippen LogP contribution in [0.15, 0.2) is 24.3 Å². The number of nitrogen functional groups attached to an aromatic ring is 1. The third-order valence-electron chi connectivity index (χ3n) is 2.95. The number of aromatic nitrogens is 2. The molecule has 0 bridgehead atoms. The Kier molecular flexibility index (Phi) is 3.97. The number of benzene rings is 1. The minimum absolute atomic E-state index is 0.257. The van der Waals surface area contributed by atoms with Gasteiger partial charge in [-0.15, -0.1) is 10.2 Å². The average Bonchev–Trinajstić information content (AvgIpc) is 2.75. The number of anilines is 1. The molecule has 1 unspecified atom stereocenters. The maximum atomic E-state index is 5.62. The van der Waals surface area contributed by atoms with E-state index in [0.717, 1.165) is 11.4 Å². The molecule has 1 aromatic carbocycles. The van der Waals surface area contributed by atoms with Crippen molar-refractivity contribution in [3.8, 4) is 0 Å². The van der Waals surface area contributed by atoms with Crippen molar-refractivity contribution in [1.29, 1.82) is 0 Å². The Morgan fingerprint density at radius 2 is 1.78 bits per heavy atom. The molecule has 4 heteroatoms. The Labute approximate surface area is 112 Å². The van der Waals surface area contributed by atoms with Crippen LogP contribution in [0.1, 0.15) is 42.8 Å². The molecule has 18 heavy (non-hydrogen) atoms. The molecule has 0 radical (unpaired) electrons. The van der Waals surface area contributed by atoms with Gasteiger partial charge in [-0.25, -0.2) is 0 Å². The van der Waals surface area contributed by atoms with E-state index in [4.69, 9.17) is 5.73 Å². The Morgan fingerprint density at radius 1 is 1.11 bits per heavy atom. The van der Waals surface area contributed by atoms with Crippen LogP contribution in [-0.2, 0) is 6.42 Å². The van der Waals surface area contributed by atoms with Gasteiger partial charge < -0.3 is 5.73 Å². The third-order valence-corrected chi connectivity index (χ3v) is 3.89. The summed E-state index contributed by atoms with van der Waals surface area (Å²) >= 11 is 1.46. The van der Waals surface area contributed by atoms with E-state index in [9.17, 15) is 0 Å². The van der Waals surface area contributed by atoms with E-state index in [0.29, 0.717) is 11.0 Å². The Morgan fingerprint density at radius 3 is 2.28 bits per heavy atom. The van der Waals surface area contributed by atoms with Crippen molar-refractivity contribution in [2.75, 3.05) is 5.73 Å². The molecule has 0 aliphatic heterocycles. The van der Waals surface area contributed by atoms with Crippen LogP contribution in [0.5, 0.6) is 0 Å². The van der Waals surface area contributed by atoms with Crippen molar-refractivity contribution in [2.45, 2.75) is 33.1 Å². The summed E-state index contributed by atoms with van der Waals surface area (Å²) in [6.07, 6.45) is 1.13. The maximum Gasteiger partial charge on any atom is 0.203 e. The third kappa shape index (κ3) is 3.07. The van der Waals surface area contributed by atoms with Gasteiger partial charge in [0.2, 0.25) is 5.13 Å². The topological polar surface area (TPSA) is 51.8 Å². The largest absolute Gasteiger partial charge is 0.374 e. The van der Waals surface area contributed by atoms with Gasteiger partial charge >= 0.3 is 0 Å². The van der Waals surface area contributed by atoms with Gasteiger partial charge in [-0.2, -0.15) is 0 Å². The highest BCUT2D eigenvalue weighted by Crippen LogP contribution is 2.27. The standard InChI is InChI=1S/C14H19N3S/c1-9(2)8-11-4-6-12(7-5-11)10(3)13-16-17-14(15)18-13/h4-7,9-10H,8H2,1-3H3,(H2,15,17). The predicted molar refractivity (Wildman–Crippen MR) is 76.8 cm³/mol. The molecule has 3 nitrogen and oxygen atoms in total. The summed E-state index contributed by atoms with van der Waals surface area (Å²) < 4.78 is 0. The van der Waals surface area contributed by atoms with E-state index in [-0.39, 0.29) is 5.92 Å². The SMILES string of the molecule is CC(C)Cc1ccc(C(C)c2nnc(N)s2)cc1. The molecule has 0 saturated carbocycles. The first kappa shape index (κ1) is 13.0. The zero-order chi connectivity index (χ0) is 13.1. The molecule has 0 saturated heterocycles. The molecule has 0 spiro atoms. The van der Waals surface area contributed by atoms with Gasteiger partial charge in [0, 0.05) is 5.92 Å². The number of hydrogen-bond donors (Lipinski definition) is 1. The summed E-state index contributed by atoms with van der Waals surface area (Å²) in [4.78, 5) is 0. The molecular formula is C14H19N3S. The number of rotatable bonds is 4. The van der Waals surface area contributed by atoms with Gasteiger partial charge in [-0.1, -0.05) is 56.4 Å². The van der Waals surface area contributed by atoms with Crippen LogP contribution in [0, 0.1) is 5.92 Å². The number of nitrogens with zero attached hydrogens (tertiary/aromatic N) is 2. The molecule has 96 valence electrons. The Hall–Kier alpha value is -1.42. The Balaban J connectivity index is 2.14. The van der Waals surface area contributed by atoms with Crippen LogP contribution in [-0.4, -0.2) is 10.2 Å². The van der Waals surface area contributed by atoms with Crippen molar-refractivity contribution >= 4 is 16.5 Å². The molecule has 0 fully saturated rings. The van der Waals surface area contributed by atoms with Crippen LogP contribution in [0.2, 0.25) is 0 Å². The second-order valence-electron chi connectivity index (χ2n) is 5.04. The summed E-state index contributed by atoms with van der Waals surface area (Å²) in [6.45, 7) is 6.61. The lowest BCUT2D eigenvalue weighted by Gasteiger charge is -2.10. The second kappa shape index (κ2) is 5.48. The maximum absolute atomic E-state index is 5.62. The van der Waals surface area contributed by atoms with Gasteiger partial charge in [0.25, 0.3) is 0 Å². The van der Waals surface area contributed by atoms with E-state index in [1.54, 1.807) is 0 Å². The summed E-state index contributed by atoms with van der Waals surface area (Å²) in [6, 6.07) is 8.77. The van der Waals surface area contributed by atoms with E-state index < -0.39 is 0 Å². The Bertz CT molecular complexity index is 502. The number of nitrogens with two attached hydrogens (primary N) is 1. The summed E-state index contributed by atoms with van der Waals surface area (Å²) in [7, 11) is 0. The van der Waals surface area contributed by atoms with Crippen molar-refractivity contribution < 1.29 is 0 Å². The van der Waals surface area contributed by atoms with Gasteiger partial charge in [0.1, 0.15) is 5.01 Å². The zero-order valence-electron chi connectivity index (χ0n) is 11.1. The van der Waals surface area contributed by atoms with Gasteiger partial charge in [0.15, 0.2) is 0 Å². The van der Waals surface area contributed by atoms with Crippen LogP contribution in [0.25, 0.3) is 0 Å². The molecule has 2 N–H and O–H groups in total. The first-order chi connectivity index (χ1) is 8.56. The fourth-order valence-electron chi connectivity index (χ4n) is 1.98. The molecule has 0 amide bonds. The van der Waals surface area contributed by atoms with Gasteiger partial charge in [-0.3, -0.25) is 0 Å². The van der Waals surface area contributed by atoms with Crippen molar-refractivity contribution in [1.82, 2.24) is 10.2 Å². The van der Waals surface area contributed by atoms with E-state index in [1.165, 1.54) is 22.5 Å². The fourth-order valence-corrected chi connectivity index (χ4v) is 2.67. The lowest BCUT2D eigenvalue weighted by atomic mass is 9.97. The van der Waals surface area contributed by atoms with E-state index >= 15 is 0 Å². The summed E-state index contributed by atoms with van der Waals surface area (Å²) in [5.74, 6) is 0.948. The minimum atomic E-state index is 0.257. The van der Waals surface area contributed by atoms with Gasteiger partial charge in [0.05, 0.1) is 0 Å². The van der Waals surface area contributed by atoms with Crippen LogP contribution >= 0.6 is 11.3 Å². The van der Waals surface area contributed by atoms with Crippen molar-refractivity contribution in [2.24, 2.45) is 5.92 Å². The molecular weight excluding hydrogens is 242 g/mol. The molecule has 1 heterocycles.